The lowest BCUT2D eigenvalue weighted by molar-refractivity contribution is -0.144. The van der Waals surface area contributed by atoms with Crippen molar-refractivity contribution in [3.63, 3.8) is 0 Å². The molecule has 0 heterocycles. The topological polar surface area (TPSA) is 73.6 Å². The van der Waals surface area contributed by atoms with E-state index < -0.39 is 0 Å². The maximum atomic E-state index is 11.7. The summed E-state index contributed by atoms with van der Waals surface area (Å²) in [6.07, 6.45) is 2.57. The van der Waals surface area contributed by atoms with Crippen molar-refractivity contribution in [2.45, 2.75) is 45.2 Å². The Bertz CT molecular complexity index is 222. The van der Waals surface area contributed by atoms with E-state index in [1.165, 1.54) is 7.11 Å². The molecule has 0 aromatic heterocycles. The number of hydrogen-bond donors (Lipinski definition) is 2. The quantitative estimate of drug-likeness (QED) is 0.571. The molecule has 0 aromatic carbocycles. The van der Waals surface area contributed by atoms with Gasteiger partial charge in [0.2, 0.25) is 0 Å². The molecule has 0 aliphatic heterocycles. The predicted octanol–water partition coefficient (Wildman–Crippen LogP) is 0.918. The molecular weight excluding hydrogens is 232 g/mol. The van der Waals surface area contributed by atoms with Crippen molar-refractivity contribution in [3.8, 4) is 0 Å². The highest BCUT2D eigenvalue weighted by molar-refractivity contribution is 5.75. The zero-order chi connectivity index (χ0) is 14.0. The van der Waals surface area contributed by atoms with Gasteiger partial charge in [-0.15, -0.1) is 0 Å². The summed E-state index contributed by atoms with van der Waals surface area (Å²) in [6, 6.07) is -0.130. The summed E-state index contributed by atoms with van der Waals surface area (Å²) in [7, 11) is 3.08. The van der Waals surface area contributed by atoms with Crippen molar-refractivity contribution in [3.05, 3.63) is 0 Å². The van der Waals surface area contributed by atoms with Gasteiger partial charge in [-0.1, -0.05) is 13.8 Å². The molecule has 0 aliphatic carbocycles. The van der Waals surface area contributed by atoms with Gasteiger partial charge in [0.25, 0.3) is 0 Å². The van der Waals surface area contributed by atoms with E-state index in [2.05, 4.69) is 19.2 Å². The molecule has 2 atom stereocenters. The van der Waals surface area contributed by atoms with Crippen LogP contribution in [0.3, 0.4) is 0 Å². The van der Waals surface area contributed by atoms with E-state index in [1.807, 2.05) is 0 Å². The molecule has 0 saturated carbocycles. The van der Waals surface area contributed by atoms with E-state index in [0.29, 0.717) is 19.1 Å². The van der Waals surface area contributed by atoms with Crippen LogP contribution < -0.4 is 11.1 Å². The number of esters is 1. The van der Waals surface area contributed by atoms with Crippen molar-refractivity contribution < 1.29 is 14.3 Å². The molecule has 5 nitrogen and oxygen atoms in total. The smallest absolute Gasteiger partial charge is 0.322 e. The molecule has 5 heteroatoms. The minimum absolute atomic E-state index is 0.140. The fraction of sp³-hybridized carbons (Fsp3) is 0.923. The molecule has 0 saturated heterocycles. The van der Waals surface area contributed by atoms with Crippen molar-refractivity contribution in [2.75, 3.05) is 27.4 Å². The first-order chi connectivity index (χ1) is 8.54. The van der Waals surface area contributed by atoms with Gasteiger partial charge in [-0.25, -0.2) is 0 Å². The number of nitrogens with one attached hydrogen (secondary N) is 1. The first-order valence-electron chi connectivity index (χ1n) is 6.58. The van der Waals surface area contributed by atoms with Crippen LogP contribution in [0, 0.1) is 5.92 Å². The Morgan fingerprint density at radius 1 is 1.33 bits per heavy atom. The van der Waals surface area contributed by atoms with Gasteiger partial charge >= 0.3 is 5.97 Å². The van der Waals surface area contributed by atoms with Crippen LogP contribution in [0.4, 0.5) is 0 Å². The highest BCUT2D eigenvalue weighted by Gasteiger charge is 2.23. The summed E-state index contributed by atoms with van der Waals surface area (Å²) in [5.41, 5.74) is 5.51. The van der Waals surface area contributed by atoms with Gasteiger partial charge in [0.05, 0.1) is 13.7 Å². The van der Waals surface area contributed by atoms with Crippen LogP contribution in [0.5, 0.6) is 0 Å². The monoisotopic (exact) mass is 260 g/mol. The largest absolute Gasteiger partial charge is 0.468 e. The molecule has 0 bridgehead atoms. The molecule has 3 N–H and O–H groups in total. The molecular formula is C13H28N2O3. The standard InChI is InChI=1S/C13H28N2O3/c1-10(2)8-12(13(16)18-4)15-11(9-17-3)6-5-7-14/h10-12,15H,5-9,14H2,1-4H3. The van der Waals surface area contributed by atoms with Gasteiger partial charge in [0.1, 0.15) is 6.04 Å². The second kappa shape index (κ2) is 10.3. The van der Waals surface area contributed by atoms with Crippen LogP contribution in [0.2, 0.25) is 0 Å². The Kier molecular flexibility index (Phi) is 9.92. The molecule has 0 aromatic rings. The number of ether oxygens (including phenoxy) is 2. The van der Waals surface area contributed by atoms with Crippen molar-refractivity contribution in [1.29, 1.82) is 0 Å². The zero-order valence-electron chi connectivity index (χ0n) is 12.1. The van der Waals surface area contributed by atoms with Crippen molar-refractivity contribution in [1.82, 2.24) is 5.32 Å². The molecule has 0 spiro atoms. The third-order valence-corrected chi connectivity index (χ3v) is 2.75. The maximum Gasteiger partial charge on any atom is 0.322 e. The van der Waals surface area contributed by atoms with Crippen LogP contribution in [0.25, 0.3) is 0 Å². The Morgan fingerprint density at radius 3 is 2.44 bits per heavy atom. The molecule has 0 rings (SSSR count). The van der Waals surface area contributed by atoms with E-state index in [1.54, 1.807) is 7.11 Å². The number of carbonyl (C=O) groups excluding carboxylic acids is 1. The molecule has 0 amide bonds. The van der Waals surface area contributed by atoms with Gasteiger partial charge in [0.15, 0.2) is 0 Å². The molecule has 0 fully saturated rings. The summed E-state index contributed by atoms with van der Waals surface area (Å²) in [4.78, 5) is 11.7. The first-order valence-corrected chi connectivity index (χ1v) is 6.58. The normalized spacial score (nSPS) is 14.6. The van der Waals surface area contributed by atoms with Crippen LogP contribution in [-0.2, 0) is 14.3 Å². The Labute approximate surface area is 110 Å². The molecule has 0 radical (unpaired) electrons. The highest BCUT2D eigenvalue weighted by Crippen LogP contribution is 2.09. The summed E-state index contributed by atoms with van der Waals surface area (Å²) in [5, 5.41) is 3.32. The lowest BCUT2D eigenvalue weighted by Crippen LogP contribution is -2.46. The van der Waals surface area contributed by atoms with Crippen molar-refractivity contribution >= 4 is 5.97 Å². The fourth-order valence-corrected chi connectivity index (χ4v) is 1.91. The Morgan fingerprint density at radius 2 is 2.00 bits per heavy atom. The average molecular weight is 260 g/mol. The second-order valence-corrected chi connectivity index (χ2v) is 4.96. The minimum Gasteiger partial charge on any atom is -0.468 e. The minimum atomic E-state index is -0.270. The number of carbonyl (C=O) groups is 1. The lowest BCUT2D eigenvalue weighted by Gasteiger charge is -2.25. The summed E-state index contributed by atoms with van der Waals surface area (Å²) < 4.78 is 9.99. The predicted molar refractivity (Wildman–Crippen MR) is 72.3 cm³/mol. The van der Waals surface area contributed by atoms with Gasteiger partial charge in [-0.3, -0.25) is 10.1 Å². The van der Waals surface area contributed by atoms with Crippen LogP contribution in [0.15, 0.2) is 0 Å². The van der Waals surface area contributed by atoms with Crippen molar-refractivity contribution in [2.24, 2.45) is 11.7 Å². The van der Waals surface area contributed by atoms with Gasteiger partial charge < -0.3 is 15.2 Å². The SMILES string of the molecule is COCC(CCCN)NC(CC(C)C)C(=O)OC. The van der Waals surface area contributed by atoms with Gasteiger partial charge in [-0.05, 0) is 31.7 Å². The molecule has 0 aliphatic rings. The summed E-state index contributed by atoms with van der Waals surface area (Å²) >= 11 is 0. The summed E-state index contributed by atoms with van der Waals surface area (Å²) in [5.74, 6) is 0.219. The zero-order valence-corrected chi connectivity index (χ0v) is 12.1. The number of hydrogen-bond acceptors (Lipinski definition) is 5. The Balaban J connectivity index is 4.42. The summed E-state index contributed by atoms with van der Waals surface area (Å²) in [6.45, 7) is 5.40. The second-order valence-electron chi connectivity index (χ2n) is 4.96. The maximum absolute atomic E-state index is 11.7. The van der Waals surface area contributed by atoms with Gasteiger partial charge in [0, 0.05) is 13.2 Å². The fourth-order valence-electron chi connectivity index (χ4n) is 1.91. The third-order valence-electron chi connectivity index (χ3n) is 2.75. The van der Waals surface area contributed by atoms with E-state index in [4.69, 9.17) is 15.2 Å². The number of nitrogens with two attached hydrogens (primary N) is 1. The number of methoxy groups -OCH3 is 2. The molecule has 18 heavy (non-hydrogen) atoms. The van der Waals surface area contributed by atoms with E-state index in [0.717, 1.165) is 19.3 Å². The Hall–Kier alpha value is -0.650. The van der Waals surface area contributed by atoms with Crippen LogP contribution >= 0.6 is 0 Å². The number of rotatable bonds is 10. The van der Waals surface area contributed by atoms with Crippen LogP contribution in [-0.4, -0.2) is 45.4 Å². The van der Waals surface area contributed by atoms with E-state index in [-0.39, 0.29) is 18.1 Å². The third kappa shape index (κ3) is 7.63. The molecule has 108 valence electrons. The van der Waals surface area contributed by atoms with Gasteiger partial charge in [-0.2, -0.15) is 0 Å². The van der Waals surface area contributed by atoms with E-state index >= 15 is 0 Å². The highest BCUT2D eigenvalue weighted by atomic mass is 16.5. The average Bonchev–Trinajstić information content (AvgIpc) is 2.33. The first kappa shape index (κ1) is 17.4. The lowest BCUT2D eigenvalue weighted by atomic mass is 10.0. The van der Waals surface area contributed by atoms with E-state index in [9.17, 15) is 4.79 Å². The van der Waals surface area contributed by atoms with Crippen LogP contribution in [0.1, 0.15) is 33.1 Å². The molecule has 2 unspecified atom stereocenters.